The van der Waals surface area contributed by atoms with Gasteiger partial charge >= 0.3 is 5.97 Å². The zero-order valence-electron chi connectivity index (χ0n) is 13.5. The molecule has 24 heavy (non-hydrogen) atoms. The number of hydrogen-bond acceptors (Lipinski definition) is 4. The molecule has 1 aromatic carbocycles. The van der Waals surface area contributed by atoms with Gasteiger partial charge in [0.15, 0.2) is 0 Å². The summed E-state index contributed by atoms with van der Waals surface area (Å²) in [5.74, 6) is 0.0678. The molecule has 3 rings (SSSR count). The van der Waals surface area contributed by atoms with E-state index in [9.17, 15) is 9.59 Å². The molecular weight excluding hydrogens is 306 g/mol. The first-order valence-electron chi connectivity index (χ1n) is 7.88. The summed E-state index contributed by atoms with van der Waals surface area (Å²) in [7, 11) is 0. The maximum Gasteiger partial charge on any atom is 0.329 e. The number of pyridine rings is 1. The third kappa shape index (κ3) is 3.11. The molecule has 1 aliphatic heterocycles. The lowest BCUT2D eigenvalue weighted by molar-refractivity contribution is -0.146. The Morgan fingerprint density at radius 3 is 2.75 bits per heavy atom. The SMILES string of the molecule is C=C1CC(C(=O)OCC)n2c1cc(OCc1ccccc1)cc2=O. The minimum Gasteiger partial charge on any atom is -0.489 e. The predicted octanol–water partition coefficient (Wildman–Crippen LogP) is 2.95. The lowest BCUT2D eigenvalue weighted by atomic mass is 10.1. The van der Waals surface area contributed by atoms with Crippen molar-refractivity contribution in [3.63, 3.8) is 0 Å². The quantitative estimate of drug-likeness (QED) is 0.793. The molecule has 1 unspecified atom stereocenters. The van der Waals surface area contributed by atoms with E-state index in [1.807, 2.05) is 30.3 Å². The molecule has 0 radical (unpaired) electrons. The Hall–Kier alpha value is -2.82. The normalized spacial score (nSPS) is 15.9. The van der Waals surface area contributed by atoms with E-state index >= 15 is 0 Å². The van der Waals surface area contributed by atoms with Crippen molar-refractivity contribution in [1.29, 1.82) is 0 Å². The largest absolute Gasteiger partial charge is 0.489 e. The van der Waals surface area contributed by atoms with Crippen LogP contribution in [0.3, 0.4) is 0 Å². The zero-order chi connectivity index (χ0) is 17.1. The highest BCUT2D eigenvalue weighted by atomic mass is 16.5. The Bertz CT molecular complexity index is 823. The number of aromatic nitrogens is 1. The first kappa shape index (κ1) is 16.1. The molecule has 0 N–H and O–H groups in total. The molecule has 1 aromatic heterocycles. The first-order valence-corrected chi connectivity index (χ1v) is 7.88. The van der Waals surface area contributed by atoms with Crippen molar-refractivity contribution in [2.45, 2.75) is 26.0 Å². The molecule has 0 spiro atoms. The summed E-state index contributed by atoms with van der Waals surface area (Å²) in [6.45, 7) is 6.36. The maximum absolute atomic E-state index is 12.4. The van der Waals surface area contributed by atoms with Crippen LogP contribution >= 0.6 is 0 Å². The average molecular weight is 325 g/mol. The average Bonchev–Trinajstić information content (AvgIpc) is 2.92. The van der Waals surface area contributed by atoms with Crippen LogP contribution in [-0.4, -0.2) is 17.1 Å². The molecule has 1 atom stereocenters. The van der Waals surface area contributed by atoms with Gasteiger partial charge in [-0.3, -0.25) is 9.36 Å². The van der Waals surface area contributed by atoms with Crippen molar-refractivity contribution in [2.24, 2.45) is 0 Å². The number of allylic oxidation sites excluding steroid dienone is 1. The maximum atomic E-state index is 12.4. The van der Waals surface area contributed by atoms with Gasteiger partial charge in [-0.15, -0.1) is 0 Å². The van der Waals surface area contributed by atoms with Crippen LogP contribution in [-0.2, 0) is 16.1 Å². The van der Waals surface area contributed by atoms with Gasteiger partial charge in [0, 0.05) is 18.6 Å². The molecule has 124 valence electrons. The molecule has 5 nitrogen and oxygen atoms in total. The molecule has 5 heteroatoms. The molecule has 0 bridgehead atoms. The van der Waals surface area contributed by atoms with E-state index in [0.29, 0.717) is 24.5 Å². The third-order valence-electron chi connectivity index (χ3n) is 3.96. The number of carbonyl (C=O) groups excluding carboxylic acids is 1. The van der Waals surface area contributed by atoms with Gasteiger partial charge < -0.3 is 9.47 Å². The number of hydrogen-bond donors (Lipinski definition) is 0. The fourth-order valence-electron chi connectivity index (χ4n) is 2.83. The number of benzene rings is 1. The fourth-order valence-corrected chi connectivity index (χ4v) is 2.83. The zero-order valence-corrected chi connectivity index (χ0v) is 13.5. The molecule has 2 heterocycles. The second-order valence-electron chi connectivity index (χ2n) is 5.63. The van der Waals surface area contributed by atoms with E-state index in [0.717, 1.165) is 11.1 Å². The van der Waals surface area contributed by atoms with Crippen LogP contribution in [0.25, 0.3) is 5.57 Å². The summed E-state index contributed by atoms with van der Waals surface area (Å²) in [6.07, 6.45) is 0.385. The standard InChI is InChI=1S/C19H19NO4/c1-3-23-19(22)17-9-13(2)16-10-15(11-18(21)20(16)17)24-12-14-7-5-4-6-8-14/h4-8,10-11,17H,2-3,9,12H2,1H3. The van der Waals surface area contributed by atoms with E-state index in [4.69, 9.17) is 9.47 Å². The molecule has 0 saturated carbocycles. The van der Waals surface area contributed by atoms with Gasteiger partial charge in [0.25, 0.3) is 5.56 Å². The first-order chi connectivity index (χ1) is 11.6. The highest BCUT2D eigenvalue weighted by Gasteiger charge is 2.33. The summed E-state index contributed by atoms with van der Waals surface area (Å²) < 4.78 is 12.2. The van der Waals surface area contributed by atoms with Crippen LogP contribution in [0.1, 0.15) is 30.6 Å². The number of carbonyl (C=O) groups is 1. The van der Waals surface area contributed by atoms with Gasteiger partial charge in [-0.25, -0.2) is 4.79 Å². The number of rotatable bonds is 5. The topological polar surface area (TPSA) is 57.5 Å². The molecule has 2 aromatic rings. The van der Waals surface area contributed by atoms with Crippen LogP contribution in [0.4, 0.5) is 0 Å². The summed E-state index contributed by atoms with van der Waals surface area (Å²) in [6, 6.07) is 12.2. The summed E-state index contributed by atoms with van der Waals surface area (Å²) in [4.78, 5) is 24.5. The lowest BCUT2D eigenvalue weighted by Crippen LogP contribution is -2.28. The minimum atomic E-state index is -0.636. The van der Waals surface area contributed by atoms with Crippen molar-refractivity contribution >= 4 is 11.5 Å². The molecule has 0 amide bonds. The molecule has 1 aliphatic rings. The molecular formula is C19H19NO4. The van der Waals surface area contributed by atoms with Crippen molar-refractivity contribution < 1.29 is 14.3 Å². The van der Waals surface area contributed by atoms with E-state index in [1.165, 1.54) is 10.6 Å². The summed E-state index contributed by atoms with van der Waals surface area (Å²) in [5.41, 5.74) is 2.09. The minimum absolute atomic E-state index is 0.282. The number of ether oxygens (including phenoxy) is 2. The fraction of sp³-hybridized carbons (Fsp3) is 0.263. The van der Waals surface area contributed by atoms with Gasteiger partial charge in [-0.1, -0.05) is 36.9 Å². The Morgan fingerprint density at radius 2 is 2.04 bits per heavy atom. The van der Waals surface area contributed by atoms with Crippen molar-refractivity contribution in [1.82, 2.24) is 4.57 Å². The monoisotopic (exact) mass is 325 g/mol. The van der Waals surface area contributed by atoms with Crippen molar-refractivity contribution in [3.05, 3.63) is 70.7 Å². The summed E-state index contributed by atoms with van der Waals surface area (Å²) >= 11 is 0. The second kappa shape index (κ2) is 6.74. The van der Waals surface area contributed by atoms with E-state index in [1.54, 1.807) is 13.0 Å². The number of fused-ring (bicyclic) bond motifs is 1. The van der Waals surface area contributed by atoms with Gasteiger partial charge in [-0.05, 0) is 18.1 Å². The highest BCUT2D eigenvalue weighted by Crippen LogP contribution is 2.34. The summed E-state index contributed by atoms with van der Waals surface area (Å²) in [5, 5.41) is 0. The van der Waals surface area contributed by atoms with Crippen LogP contribution < -0.4 is 10.3 Å². The van der Waals surface area contributed by atoms with E-state index < -0.39 is 12.0 Å². The Balaban J connectivity index is 1.85. The number of nitrogens with zero attached hydrogens (tertiary/aromatic N) is 1. The van der Waals surface area contributed by atoms with Crippen LogP contribution in [0.5, 0.6) is 5.75 Å². The van der Waals surface area contributed by atoms with Crippen LogP contribution in [0, 0.1) is 0 Å². The van der Waals surface area contributed by atoms with Crippen LogP contribution in [0.2, 0.25) is 0 Å². The molecule has 0 aliphatic carbocycles. The Kier molecular flexibility index (Phi) is 4.51. The Morgan fingerprint density at radius 1 is 1.29 bits per heavy atom. The van der Waals surface area contributed by atoms with Gasteiger partial charge in [-0.2, -0.15) is 0 Å². The lowest BCUT2D eigenvalue weighted by Gasteiger charge is -2.13. The Labute approximate surface area is 140 Å². The van der Waals surface area contributed by atoms with Crippen molar-refractivity contribution in [3.8, 4) is 5.75 Å². The van der Waals surface area contributed by atoms with Crippen molar-refractivity contribution in [2.75, 3.05) is 6.61 Å². The highest BCUT2D eigenvalue weighted by molar-refractivity contribution is 5.81. The third-order valence-corrected chi connectivity index (χ3v) is 3.96. The predicted molar refractivity (Wildman–Crippen MR) is 90.8 cm³/mol. The molecule has 0 saturated heterocycles. The number of esters is 1. The van der Waals surface area contributed by atoms with Gasteiger partial charge in [0.2, 0.25) is 0 Å². The molecule has 0 fully saturated rings. The van der Waals surface area contributed by atoms with E-state index in [2.05, 4.69) is 6.58 Å². The second-order valence-corrected chi connectivity index (χ2v) is 5.63. The van der Waals surface area contributed by atoms with Crippen LogP contribution in [0.15, 0.2) is 53.8 Å². The van der Waals surface area contributed by atoms with Gasteiger partial charge in [0.1, 0.15) is 18.4 Å². The smallest absolute Gasteiger partial charge is 0.329 e. The van der Waals surface area contributed by atoms with Gasteiger partial charge in [0.05, 0.1) is 12.3 Å². The van der Waals surface area contributed by atoms with E-state index in [-0.39, 0.29) is 12.2 Å².